The Morgan fingerprint density at radius 3 is 2.66 bits per heavy atom. The van der Waals surface area contributed by atoms with Crippen LogP contribution in [-0.2, 0) is 4.79 Å². The number of nitrogens with zero attached hydrogens (tertiary/aromatic N) is 2. The minimum atomic E-state index is -0.209. The largest absolute Gasteiger partial charge is 0.369 e. The zero-order valence-corrected chi connectivity index (χ0v) is 17.8. The van der Waals surface area contributed by atoms with E-state index in [1.807, 2.05) is 44.2 Å². The summed E-state index contributed by atoms with van der Waals surface area (Å²) >= 11 is 5.99. The number of halogens is 1. The number of piperidine rings is 1. The number of aromatic nitrogens is 1. The maximum absolute atomic E-state index is 12.7. The molecule has 1 atom stereocenters. The molecule has 2 aromatic rings. The Balaban J connectivity index is 1.54. The Bertz CT molecular complexity index is 876. The third-order valence-electron chi connectivity index (χ3n) is 5.61. The molecule has 1 aliphatic rings. The van der Waals surface area contributed by atoms with Gasteiger partial charge in [0.2, 0.25) is 5.91 Å². The van der Waals surface area contributed by atoms with Crippen LogP contribution in [0.15, 0.2) is 30.3 Å². The molecule has 1 aromatic carbocycles. The fraction of sp³-hybridized carbons (Fsp3) is 0.455. The van der Waals surface area contributed by atoms with Gasteiger partial charge in [0.1, 0.15) is 0 Å². The van der Waals surface area contributed by atoms with Gasteiger partial charge in [0.15, 0.2) is 0 Å². The second-order valence-corrected chi connectivity index (χ2v) is 8.18. The Morgan fingerprint density at radius 1 is 1.24 bits per heavy atom. The van der Waals surface area contributed by atoms with Crippen LogP contribution in [0.4, 0.5) is 0 Å². The van der Waals surface area contributed by atoms with E-state index in [0.29, 0.717) is 17.1 Å². The highest BCUT2D eigenvalue weighted by molar-refractivity contribution is 6.30. The Kier molecular flexibility index (Phi) is 6.98. The number of carbonyl (C=O) groups is 2. The average molecular weight is 417 g/mol. The van der Waals surface area contributed by atoms with Crippen LogP contribution in [-0.4, -0.2) is 47.5 Å². The van der Waals surface area contributed by atoms with E-state index in [0.717, 1.165) is 56.0 Å². The van der Waals surface area contributed by atoms with Gasteiger partial charge in [0.25, 0.3) is 5.91 Å². The number of carbonyl (C=O) groups excluding carboxylic acids is 2. The van der Waals surface area contributed by atoms with Crippen LogP contribution in [0.2, 0.25) is 5.02 Å². The van der Waals surface area contributed by atoms with Gasteiger partial charge in [-0.15, -0.1) is 0 Å². The summed E-state index contributed by atoms with van der Waals surface area (Å²) in [5.74, 6) is -0.317. The van der Waals surface area contributed by atoms with Crippen molar-refractivity contribution >= 4 is 23.4 Å². The predicted octanol–water partition coefficient (Wildman–Crippen LogP) is 3.06. The molecule has 3 rings (SSSR count). The van der Waals surface area contributed by atoms with Crippen molar-refractivity contribution in [3.8, 4) is 5.69 Å². The number of nitrogens with one attached hydrogen (secondary N) is 1. The van der Waals surface area contributed by atoms with Crippen LogP contribution >= 0.6 is 11.6 Å². The summed E-state index contributed by atoms with van der Waals surface area (Å²) in [6.07, 6.45) is 2.72. The lowest BCUT2D eigenvalue weighted by atomic mass is 9.97. The lowest BCUT2D eigenvalue weighted by molar-refractivity contribution is -0.123. The molecule has 0 aliphatic carbocycles. The molecule has 0 spiro atoms. The molecule has 6 nitrogen and oxygen atoms in total. The molecule has 0 bridgehead atoms. The second kappa shape index (κ2) is 9.46. The maximum atomic E-state index is 12.7. The lowest BCUT2D eigenvalue weighted by Gasteiger charge is -2.31. The zero-order chi connectivity index (χ0) is 21.0. The molecule has 1 aliphatic heterocycles. The number of amides is 2. The lowest BCUT2D eigenvalue weighted by Crippen LogP contribution is -2.42. The number of rotatable bonds is 7. The van der Waals surface area contributed by atoms with Crippen LogP contribution in [0.25, 0.3) is 5.69 Å². The molecule has 1 fully saturated rings. The molecular weight excluding hydrogens is 388 g/mol. The van der Waals surface area contributed by atoms with E-state index in [2.05, 4.69) is 14.8 Å². The van der Waals surface area contributed by atoms with Gasteiger partial charge in [0, 0.05) is 35.2 Å². The molecule has 3 N–H and O–H groups in total. The van der Waals surface area contributed by atoms with E-state index >= 15 is 0 Å². The van der Waals surface area contributed by atoms with Crippen molar-refractivity contribution in [2.24, 2.45) is 11.7 Å². The maximum Gasteiger partial charge on any atom is 0.253 e. The van der Waals surface area contributed by atoms with E-state index in [1.165, 1.54) is 0 Å². The Labute approximate surface area is 177 Å². The molecule has 29 heavy (non-hydrogen) atoms. The van der Waals surface area contributed by atoms with Crippen molar-refractivity contribution in [2.45, 2.75) is 33.1 Å². The Morgan fingerprint density at radius 2 is 1.97 bits per heavy atom. The molecule has 1 unspecified atom stereocenters. The van der Waals surface area contributed by atoms with E-state index in [4.69, 9.17) is 17.3 Å². The van der Waals surface area contributed by atoms with Gasteiger partial charge < -0.3 is 20.5 Å². The van der Waals surface area contributed by atoms with Gasteiger partial charge in [-0.25, -0.2) is 0 Å². The van der Waals surface area contributed by atoms with E-state index < -0.39 is 0 Å². The molecule has 7 heteroatoms. The van der Waals surface area contributed by atoms with Gasteiger partial charge in [-0.05, 0) is 76.5 Å². The van der Waals surface area contributed by atoms with Gasteiger partial charge in [0.05, 0.1) is 11.5 Å². The van der Waals surface area contributed by atoms with Crippen molar-refractivity contribution in [2.75, 3.05) is 26.2 Å². The number of hydrogen-bond acceptors (Lipinski definition) is 3. The molecule has 2 amide bonds. The monoisotopic (exact) mass is 416 g/mol. The molecule has 156 valence electrons. The van der Waals surface area contributed by atoms with Crippen LogP contribution in [0.1, 0.15) is 41.0 Å². The van der Waals surface area contributed by atoms with E-state index in [1.54, 1.807) is 0 Å². The summed E-state index contributed by atoms with van der Waals surface area (Å²) in [6, 6.07) is 9.50. The molecule has 1 aromatic heterocycles. The Hall–Kier alpha value is -2.31. The van der Waals surface area contributed by atoms with Crippen LogP contribution in [0.5, 0.6) is 0 Å². The number of nitrogens with two attached hydrogens (primary N) is 1. The van der Waals surface area contributed by atoms with Crippen LogP contribution < -0.4 is 11.1 Å². The first-order valence-electron chi connectivity index (χ1n) is 10.1. The number of likely N-dealkylation sites (tertiary alicyclic amines) is 1. The van der Waals surface area contributed by atoms with E-state index in [9.17, 15) is 9.59 Å². The van der Waals surface area contributed by atoms with Crippen molar-refractivity contribution in [1.82, 2.24) is 14.8 Å². The number of aryl methyl sites for hydroxylation is 1. The zero-order valence-electron chi connectivity index (χ0n) is 17.1. The third kappa shape index (κ3) is 5.19. The van der Waals surface area contributed by atoms with Gasteiger partial charge in [-0.3, -0.25) is 9.59 Å². The summed E-state index contributed by atoms with van der Waals surface area (Å²) in [6.45, 7) is 7.11. The van der Waals surface area contributed by atoms with Gasteiger partial charge in [-0.1, -0.05) is 11.6 Å². The van der Waals surface area contributed by atoms with Crippen molar-refractivity contribution < 1.29 is 9.59 Å². The summed E-state index contributed by atoms with van der Waals surface area (Å²) in [5.41, 5.74) is 9.01. The third-order valence-corrected chi connectivity index (χ3v) is 5.86. The van der Waals surface area contributed by atoms with Crippen molar-refractivity contribution in [3.05, 3.63) is 52.3 Å². The molecular formula is C22H29ClN4O2. The highest BCUT2D eigenvalue weighted by atomic mass is 35.5. The first-order valence-corrected chi connectivity index (χ1v) is 10.5. The van der Waals surface area contributed by atoms with Crippen LogP contribution in [0, 0.1) is 19.8 Å². The normalized spacial score (nSPS) is 17.3. The summed E-state index contributed by atoms with van der Waals surface area (Å²) in [4.78, 5) is 26.3. The number of benzene rings is 1. The first-order chi connectivity index (χ1) is 13.9. The number of hydrogen-bond donors (Lipinski definition) is 2. The summed E-state index contributed by atoms with van der Waals surface area (Å²) in [5, 5.41) is 3.71. The van der Waals surface area contributed by atoms with Gasteiger partial charge in [-0.2, -0.15) is 0 Å². The molecule has 1 saturated heterocycles. The molecule has 0 radical (unpaired) electrons. The average Bonchev–Trinajstić information content (AvgIpc) is 3.00. The standard InChI is InChI=1S/C22H29ClN4O2/c1-15-13-20(16(2)27(15)19-8-6-18(23)7-9-19)22(29)25-10-4-12-26-11-3-5-17(14-26)21(24)28/h6-9,13,17H,3-5,10-12,14H2,1-2H3,(H2,24,28)(H,25,29). The molecule has 0 saturated carbocycles. The minimum Gasteiger partial charge on any atom is -0.369 e. The minimum absolute atomic E-state index is 0.0448. The predicted molar refractivity (Wildman–Crippen MR) is 116 cm³/mol. The van der Waals surface area contributed by atoms with Crippen molar-refractivity contribution in [3.63, 3.8) is 0 Å². The molecule has 2 heterocycles. The highest BCUT2D eigenvalue weighted by Gasteiger charge is 2.23. The fourth-order valence-electron chi connectivity index (χ4n) is 4.07. The quantitative estimate of drug-likeness (QED) is 0.680. The topological polar surface area (TPSA) is 80.4 Å². The summed E-state index contributed by atoms with van der Waals surface area (Å²) in [7, 11) is 0. The van der Waals surface area contributed by atoms with E-state index in [-0.39, 0.29) is 17.7 Å². The fourth-order valence-corrected chi connectivity index (χ4v) is 4.20. The first kappa shape index (κ1) is 21.4. The van der Waals surface area contributed by atoms with Gasteiger partial charge >= 0.3 is 0 Å². The van der Waals surface area contributed by atoms with Crippen molar-refractivity contribution in [1.29, 1.82) is 0 Å². The SMILES string of the molecule is Cc1cc(C(=O)NCCCN2CCCC(C(N)=O)C2)c(C)n1-c1ccc(Cl)cc1. The number of primary amides is 1. The van der Waals surface area contributed by atoms with Crippen LogP contribution in [0.3, 0.4) is 0 Å². The smallest absolute Gasteiger partial charge is 0.253 e. The summed E-state index contributed by atoms with van der Waals surface area (Å²) < 4.78 is 2.06. The second-order valence-electron chi connectivity index (χ2n) is 7.75. The highest BCUT2D eigenvalue weighted by Crippen LogP contribution is 2.22.